The van der Waals surface area contributed by atoms with Gasteiger partial charge in [0.15, 0.2) is 5.75 Å². The Bertz CT molecular complexity index is 981. The van der Waals surface area contributed by atoms with Crippen molar-refractivity contribution in [2.24, 2.45) is 0 Å². The van der Waals surface area contributed by atoms with Crippen LogP contribution in [0.4, 0.5) is 17.3 Å². The molecule has 0 unspecified atom stereocenters. The van der Waals surface area contributed by atoms with Crippen molar-refractivity contribution in [3.05, 3.63) is 63.8 Å². The lowest BCUT2D eigenvalue weighted by atomic mass is 10.1. The van der Waals surface area contributed by atoms with Gasteiger partial charge in [0.1, 0.15) is 5.75 Å². The molecule has 0 saturated heterocycles. The van der Waals surface area contributed by atoms with Crippen molar-refractivity contribution in [1.82, 2.24) is 9.97 Å². The van der Waals surface area contributed by atoms with E-state index in [0.717, 1.165) is 0 Å². The van der Waals surface area contributed by atoms with Crippen LogP contribution in [-0.2, 0) is 0 Å². The Kier molecular flexibility index (Phi) is 4.85. The third-order valence-corrected chi connectivity index (χ3v) is 3.83. The minimum absolute atomic E-state index is 0.291. The van der Waals surface area contributed by atoms with Gasteiger partial charge >= 0.3 is 5.69 Å². The molecule has 0 aliphatic carbocycles. The average molecular weight is 373 g/mol. The van der Waals surface area contributed by atoms with E-state index in [1.807, 2.05) is 0 Å². The maximum absolute atomic E-state index is 11.0. The molecule has 0 bridgehead atoms. The first kappa shape index (κ1) is 17.4. The lowest BCUT2D eigenvalue weighted by Gasteiger charge is -2.09. The van der Waals surface area contributed by atoms with E-state index in [2.05, 4.69) is 15.3 Å². The van der Waals surface area contributed by atoms with Gasteiger partial charge in [-0.25, -0.2) is 9.97 Å². The van der Waals surface area contributed by atoms with Crippen LogP contribution in [0.25, 0.3) is 11.3 Å². The quantitative estimate of drug-likeness (QED) is 0.511. The van der Waals surface area contributed by atoms with E-state index >= 15 is 0 Å². The number of halogens is 1. The number of anilines is 2. The Morgan fingerprint density at radius 1 is 1.23 bits per heavy atom. The zero-order chi connectivity index (χ0) is 18.7. The summed E-state index contributed by atoms with van der Waals surface area (Å²) in [7, 11) is 1.53. The SMILES string of the molecule is COc1ccc(Nc2nccc(-c3ccc(O)c([N+](=O)[O-])c3)n2)cc1Cl. The summed E-state index contributed by atoms with van der Waals surface area (Å²) in [4.78, 5) is 18.8. The molecule has 0 amide bonds. The van der Waals surface area contributed by atoms with Crippen LogP contribution in [-0.4, -0.2) is 27.1 Å². The van der Waals surface area contributed by atoms with Crippen LogP contribution in [0.15, 0.2) is 48.7 Å². The van der Waals surface area contributed by atoms with Gasteiger partial charge in [-0.1, -0.05) is 11.6 Å². The summed E-state index contributed by atoms with van der Waals surface area (Å²) in [5.41, 5.74) is 1.21. The zero-order valence-corrected chi connectivity index (χ0v) is 14.3. The monoisotopic (exact) mass is 372 g/mol. The van der Waals surface area contributed by atoms with Crippen molar-refractivity contribution in [1.29, 1.82) is 0 Å². The molecule has 1 heterocycles. The van der Waals surface area contributed by atoms with E-state index in [0.29, 0.717) is 33.7 Å². The van der Waals surface area contributed by atoms with Crippen LogP contribution in [0, 0.1) is 10.1 Å². The van der Waals surface area contributed by atoms with Crippen LogP contribution in [0.3, 0.4) is 0 Å². The molecule has 8 nitrogen and oxygen atoms in total. The number of nitrogens with zero attached hydrogens (tertiary/aromatic N) is 3. The first-order chi connectivity index (χ1) is 12.5. The molecule has 0 fully saturated rings. The smallest absolute Gasteiger partial charge is 0.311 e. The highest BCUT2D eigenvalue weighted by atomic mass is 35.5. The number of nitro groups is 1. The van der Waals surface area contributed by atoms with E-state index in [1.54, 1.807) is 30.3 Å². The summed E-state index contributed by atoms with van der Waals surface area (Å²) in [6, 6.07) is 10.8. The van der Waals surface area contributed by atoms with Crippen molar-refractivity contribution < 1.29 is 14.8 Å². The summed E-state index contributed by atoms with van der Waals surface area (Å²) < 4.78 is 5.10. The van der Waals surface area contributed by atoms with Crippen molar-refractivity contribution >= 4 is 28.9 Å². The molecule has 0 atom stereocenters. The minimum Gasteiger partial charge on any atom is -0.502 e. The number of benzene rings is 2. The Morgan fingerprint density at radius 2 is 2.04 bits per heavy atom. The fourth-order valence-electron chi connectivity index (χ4n) is 2.28. The van der Waals surface area contributed by atoms with Crippen LogP contribution in [0.2, 0.25) is 5.02 Å². The van der Waals surface area contributed by atoms with Gasteiger partial charge in [0.25, 0.3) is 0 Å². The van der Waals surface area contributed by atoms with Crippen molar-refractivity contribution in [2.75, 3.05) is 12.4 Å². The first-order valence-electron chi connectivity index (χ1n) is 7.39. The number of phenols is 1. The fourth-order valence-corrected chi connectivity index (χ4v) is 2.54. The number of aromatic hydroxyl groups is 1. The largest absolute Gasteiger partial charge is 0.502 e. The summed E-state index contributed by atoms with van der Waals surface area (Å²) >= 11 is 6.09. The lowest BCUT2D eigenvalue weighted by molar-refractivity contribution is -0.385. The number of nitro benzene ring substituents is 1. The first-order valence-corrected chi connectivity index (χ1v) is 7.77. The molecule has 3 aromatic rings. The second kappa shape index (κ2) is 7.24. The normalized spacial score (nSPS) is 10.4. The molecule has 0 aliphatic heterocycles. The molecule has 26 heavy (non-hydrogen) atoms. The van der Waals surface area contributed by atoms with Crippen molar-refractivity contribution in [3.63, 3.8) is 0 Å². The number of ether oxygens (including phenoxy) is 1. The van der Waals surface area contributed by atoms with Crippen molar-refractivity contribution in [3.8, 4) is 22.8 Å². The molecule has 3 rings (SSSR count). The van der Waals surface area contributed by atoms with E-state index in [9.17, 15) is 15.2 Å². The molecule has 9 heteroatoms. The van der Waals surface area contributed by atoms with Gasteiger partial charge in [-0.2, -0.15) is 0 Å². The second-order valence-corrected chi connectivity index (χ2v) is 5.61. The van der Waals surface area contributed by atoms with E-state index < -0.39 is 16.4 Å². The molecule has 0 aliphatic rings. The Balaban J connectivity index is 1.90. The predicted octanol–water partition coefficient (Wildman–Crippen LogP) is 4.16. The van der Waals surface area contributed by atoms with Gasteiger partial charge in [-0.3, -0.25) is 10.1 Å². The van der Waals surface area contributed by atoms with Crippen LogP contribution < -0.4 is 10.1 Å². The van der Waals surface area contributed by atoms with Gasteiger partial charge in [0, 0.05) is 23.5 Å². The summed E-state index contributed by atoms with van der Waals surface area (Å²) in [5, 5.41) is 24.0. The topological polar surface area (TPSA) is 110 Å². The number of hydrogen-bond donors (Lipinski definition) is 2. The molecule has 2 N–H and O–H groups in total. The third-order valence-electron chi connectivity index (χ3n) is 3.53. The highest BCUT2D eigenvalue weighted by Crippen LogP contribution is 2.31. The highest BCUT2D eigenvalue weighted by Gasteiger charge is 2.15. The molecular formula is C17H13ClN4O4. The Morgan fingerprint density at radius 3 is 2.73 bits per heavy atom. The standard InChI is InChI=1S/C17H13ClN4O4/c1-26-16-5-3-11(9-12(16)18)20-17-19-7-6-13(21-17)10-2-4-15(23)14(8-10)22(24)25/h2-9,23H,1H3,(H,19,20,21). The Hall–Kier alpha value is -3.39. The van der Waals surface area contributed by atoms with Gasteiger partial charge in [0.2, 0.25) is 5.95 Å². The van der Waals surface area contributed by atoms with Crippen molar-refractivity contribution in [2.45, 2.75) is 0 Å². The summed E-state index contributed by atoms with van der Waals surface area (Å²) in [6.07, 6.45) is 1.52. The Labute approximate surface area is 153 Å². The third kappa shape index (κ3) is 3.65. The number of aromatic nitrogens is 2. The van der Waals surface area contributed by atoms with Gasteiger partial charge in [-0.15, -0.1) is 0 Å². The molecule has 0 saturated carbocycles. The summed E-state index contributed by atoms with van der Waals surface area (Å²) in [6.45, 7) is 0. The maximum atomic E-state index is 11.0. The number of phenolic OH excluding ortho intramolecular Hbond substituents is 1. The molecule has 2 aromatic carbocycles. The predicted molar refractivity (Wildman–Crippen MR) is 97.1 cm³/mol. The minimum atomic E-state index is -0.654. The van der Waals surface area contributed by atoms with E-state index in [-0.39, 0.29) is 0 Å². The van der Waals surface area contributed by atoms with Crippen LogP contribution >= 0.6 is 11.6 Å². The molecule has 132 valence electrons. The number of methoxy groups -OCH3 is 1. The zero-order valence-electron chi connectivity index (χ0n) is 13.5. The van der Waals surface area contributed by atoms with Gasteiger partial charge < -0.3 is 15.2 Å². The molecular weight excluding hydrogens is 360 g/mol. The lowest BCUT2D eigenvalue weighted by Crippen LogP contribution is -1.98. The van der Waals surface area contributed by atoms with Gasteiger partial charge in [0.05, 0.1) is 22.7 Å². The maximum Gasteiger partial charge on any atom is 0.311 e. The molecule has 0 spiro atoms. The number of nitrogens with one attached hydrogen (secondary N) is 1. The molecule has 0 radical (unpaired) electrons. The van der Waals surface area contributed by atoms with Crippen LogP contribution in [0.1, 0.15) is 0 Å². The van der Waals surface area contributed by atoms with E-state index in [4.69, 9.17) is 16.3 Å². The number of hydrogen-bond acceptors (Lipinski definition) is 7. The number of rotatable bonds is 5. The van der Waals surface area contributed by atoms with Crippen LogP contribution in [0.5, 0.6) is 11.5 Å². The van der Waals surface area contributed by atoms with Gasteiger partial charge in [-0.05, 0) is 36.4 Å². The average Bonchev–Trinajstić information content (AvgIpc) is 2.62. The molecule has 1 aromatic heterocycles. The van der Waals surface area contributed by atoms with E-state index in [1.165, 1.54) is 25.4 Å². The second-order valence-electron chi connectivity index (χ2n) is 5.20. The fraction of sp³-hybridized carbons (Fsp3) is 0.0588. The highest BCUT2D eigenvalue weighted by molar-refractivity contribution is 6.32. The summed E-state index contributed by atoms with van der Waals surface area (Å²) in [5.74, 6) is 0.432.